The second kappa shape index (κ2) is 8.49. The Hall–Kier alpha value is -2.62. The Labute approximate surface area is 182 Å². The first-order chi connectivity index (χ1) is 14.8. The van der Waals surface area contributed by atoms with Crippen molar-refractivity contribution in [2.45, 2.75) is 24.0 Å². The average Bonchev–Trinajstić information content (AvgIpc) is 3.19. The highest BCUT2D eigenvalue weighted by molar-refractivity contribution is 7.92. The number of rotatable bonds is 5. The lowest BCUT2D eigenvalue weighted by Gasteiger charge is -2.33. The van der Waals surface area contributed by atoms with Crippen molar-refractivity contribution in [3.63, 3.8) is 0 Å². The Balaban J connectivity index is 1.55. The van der Waals surface area contributed by atoms with Gasteiger partial charge in [-0.2, -0.15) is 0 Å². The molecule has 2 aliphatic rings. The number of methoxy groups -OCH3 is 1. The molecule has 2 aromatic rings. The fourth-order valence-electron chi connectivity index (χ4n) is 4.10. The zero-order valence-corrected chi connectivity index (χ0v) is 18.7. The van der Waals surface area contributed by atoms with E-state index in [1.165, 1.54) is 6.07 Å². The van der Waals surface area contributed by atoms with Gasteiger partial charge in [0.25, 0.3) is 15.9 Å². The van der Waals surface area contributed by atoms with Gasteiger partial charge in [0, 0.05) is 30.9 Å². The van der Waals surface area contributed by atoms with E-state index in [0.717, 1.165) is 6.54 Å². The Kier molecular flexibility index (Phi) is 5.92. The number of hydrogen-bond donors (Lipinski definition) is 1. The highest BCUT2D eigenvalue weighted by atomic mass is 32.2. The number of amides is 1. The van der Waals surface area contributed by atoms with Gasteiger partial charge in [0.1, 0.15) is 5.75 Å². The molecule has 0 aromatic heterocycles. The smallest absolute Gasteiger partial charge is 0.262 e. The van der Waals surface area contributed by atoms with Gasteiger partial charge in [-0.1, -0.05) is 6.07 Å². The molecule has 9 heteroatoms. The van der Waals surface area contributed by atoms with Gasteiger partial charge in [-0.05, 0) is 55.9 Å². The minimum absolute atomic E-state index is 0.00640. The summed E-state index contributed by atoms with van der Waals surface area (Å²) in [6, 6.07) is 11.6. The molecule has 166 valence electrons. The molecule has 8 nitrogen and oxygen atoms in total. The van der Waals surface area contributed by atoms with Gasteiger partial charge in [0.05, 0.1) is 30.8 Å². The van der Waals surface area contributed by atoms with Crippen LogP contribution in [0.2, 0.25) is 0 Å². The lowest BCUT2D eigenvalue weighted by Crippen LogP contribution is -2.48. The molecule has 2 atom stereocenters. The third-order valence-corrected chi connectivity index (χ3v) is 7.46. The molecule has 0 bridgehead atoms. The molecule has 2 saturated heterocycles. The first kappa shape index (κ1) is 21.6. The standard InChI is InChI=1S/C22H27N3O5S/c1-15-4-5-16(22(26)25-13-19-20(14-25)30-11-10-24(19)2)12-21(15)31(27,28)23-17-6-8-18(29-3)9-7-17/h4-9,12,19-20,23H,10-11,13-14H2,1-3H3/t19-,20-/m0/s1. The predicted octanol–water partition coefficient (Wildman–Crippen LogP) is 1.96. The highest BCUT2D eigenvalue weighted by Gasteiger charge is 2.40. The molecule has 0 aliphatic carbocycles. The Morgan fingerprint density at radius 1 is 1.16 bits per heavy atom. The van der Waals surface area contributed by atoms with Gasteiger partial charge in [0.2, 0.25) is 0 Å². The third-order valence-electron chi connectivity index (χ3n) is 5.93. The quantitative estimate of drug-likeness (QED) is 0.757. The number of fused-ring (bicyclic) bond motifs is 1. The number of nitrogens with zero attached hydrogens (tertiary/aromatic N) is 2. The van der Waals surface area contributed by atoms with Crippen molar-refractivity contribution < 1.29 is 22.7 Å². The summed E-state index contributed by atoms with van der Waals surface area (Å²) in [6.07, 6.45) is -0.00640. The van der Waals surface area contributed by atoms with E-state index in [9.17, 15) is 13.2 Å². The Bertz CT molecular complexity index is 1070. The molecule has 0 spiro atoms. The number of morpholine rings is 1. The Morgan fingerprint density at radius 3 is 2.58 bits per heavy atom. The fraction of sp³-hybridized carbons (Fsp3) is 0.409. The number of sulfonamides is 1. The van der Waals surface area contributed by atoms with Crippen LogP contribution in [-0.2, 0) is 14.8 Å². The number of benzene rings is 2. The van der Waals surface area contributed by atoms with Crippen LogP contribution < -0.4 is 9.46 Å². The summed E-state index contributed by atoms with van der Waals surface area (Å²) in [5.74, 6) is 0.444. The third kappa shape index (κ3) is 4.39. The van der Waals surface area contributed by atoms with Crippen LogP contribution in [0.1, 0.15) is 15.9 Å². The van der Waals surface area contributed by atoms with Gasteiger partial charge in [0.15, 0.2) is 0 Å². The summed E-state index contributed by atoms with van der Waals surface area (Å²) in [5.41, 5.74) is 1.33. The molecule has 1 N–H and O–H groups in total. The van der Waals surface area contributed by atoms with Gasteiger partial charge < -0.3 is 14.4 Å². The van der Waals surface area contributed by atoms with E-state index >= 15 is 0 Å². The van der Waals surface area contributed by atoms with Crippen molar-refractivity contribution in [1.82, 2.24) is 9.80 Å². The number of aryl methyl sites for hydroxylation is 1. The van der Waals surface area contributed by atoms with Crippen molar-refractivity contribution >= 4 is 21.6 Å². The molecule has 1 amide bonds. The van der Waals surface area contributed by atoms with Crippen molar-refractivity contribution in [3.05, 3.63) is 53.6 Å². The molecule has 0 saturated carbocycles. The summed E-state index contributed by atoms with van der Waals surface area (Å²) < 4.78 is 39.6. The molecular formula is C22H27N3O5S. The zero-order valence-electron chi connectivity index (χ0n) is 17.9. The Morgan fingerprint density at radius 2 is 1.90 bits per heavy atom. The molecule has 4 rings (SSSR count). The monoisotopic (exact) mass is 445 g/mol. The van der Waals surface area contributed by atoms with Crippen molar-refractivity contribution in [3.8, 4) is 5.75 Å². The van der Waals surface area contributed by atoms with Gasteiger partial charge in [-0.25, -0.2) is 8.42 Å². The van der Waals surface area contributed by atoms with Crippen LogP contribution in [0.3, 0.4) is 0 Å². The van der Waals surface area contributed by atoms with E-state index in [4.69, 9.17) is 9.47 Å². The largest absolute Gasteiger partial charge is 0.497 e. The van der Waals surface area contributed by atoms with E-state index in [1.807, 2.05) is 7.05 Å². The normalized spacial score (nSPS) is 21.6. The van der Waals surface area contributed by atoms with Crippen LogP contribution in [-0.4, -0.2) is 76.7 Å². The number of carbonyl (C=O) groups is 1. The second-order valence-electron chi connectivity index (χ2n) is 7.98. The molecule has 0 radical (unpaired) electrons. The van der Waals surface area contributed by atoms with Gasteiger partial charge in [-0.15, -0.1) is 0 Å². The molecular weight excluding hydrogens is 418 g/mol. The summed E-state index contributed by atoms with van der Waals surface area (Å²) in [4.78, 5) is 17.2. The van der Waals surface area contributed by atoms with E-state index in [0.29, 0.717) is 42.3 Å². The predicted molar refractivity (Wildman–Crippen MR) is 117 cm³/mol. The van der Waals surface area contributed by atoms with Gasteiger partial charge in [-0.3, -0.25) is 14.4 Å². The van der Waals surface area contributed by atoms with Crippen LogP contribution >= 0.6 is 0 Å². The van der Waals surface area contributed by atoms with Crippen molar-refractivity contribution in [2.24, 2.45) is 0 Å². The number of ether oxygens (including phenoxy) is 2. The molecule has 0 unspecified atom stereocenters. The van der Waals surface area contributed by atoms with Crippen LogP contribution in [0.25, 0.3) is 0 Å². The number of likely N-dealkylation sites (N-methyl/N-ethyl adjacent to an activating group) is 1. The van der Waals surface area contributed by atoms with E-state index in [-0.39, 0.29) is 22.9 Å². The summed E-state index contributed by atoms with van der Waals surface area (Å²) in [5, 5.41) is 0. The maximum Gasteiger partial charge on any atom is 0.262 e. The number of anilines is 1. The maximum atomic E-state index is 13.1. The number of carbonyl (C=O) groups excluding carboxylic acids is 1. The molecule has 2 aromatic carbocycles. The first-order valence-electron chi connectivity index (χ1n) is 10.2. The van der Waals surface area contributed by atoms with E-state index < -0.39 is 10.0 Å². The minimum atomic E-state index is -3.87. The second-order valence-corrected chi connectivity index (χ2v) is 9.63. The zero-order chi connectivity index (χ0) is 22.2. The van der Waals surface area contributed by atoms with Crippen LogP contribution in [0.15, 0.2) is 47.4 Å². The van der Waals surface area contributed by atoms with Crippen LogP contribution in [0.4, 0.5) is 5.69 Å². The van der Waals surface area contributed by atoms with Crippen LogP contribution in [0.5, 0.6) is 5.75 Å². The summed E-state index contributed by atoms with van der Waals surface area (Å²) in [6.45, 7) is 4.29. The molecule has 2 heterocycles. The van der Waals surface area contributed by atoms with Gasteiger partial charge >= 0.3 is 0 Å². The topological polar surface area (TPSA) is 88.2 Å². The first-order valence-corrected chi connectivity index (χ1v) is 11.7. The van der Waals surface area contributed by atoms with E-state index in [1.54, 1.807) is 55.3 Å². The van der Waals surface area contributed by atoms with Crippen molar-refractivity contribution in [2.75, 3.05) is 45.1 Å². The average molecular weight is 446 g/mol. The SMILES string of the molecule is COc1ccc(NS(=O)(=O)c2cc(C(=O)N3C[C@@H]4OCCN(C)[C@H]4C3)ccc2C)cc1. The lowest BCUT2D eigenvalue weighted by molar-refractivity contribution is -0.0368. The number of nitrogens with one attached hydrogen (secondary N) is 1. The molecule has 31 heavy (non-hydrogen) atoms. The number of hydrogen-bond acceptors (Lipinski definition) is 6. The summed E-state index contributed by atoms with van der Waals surface area (Å²) in [7, 11) is -0.284. The fourth-order valence-corrected chi connectivity index (χ4v) is 5.43. The van der Waals surface area contributed by atoms with E-state index in [2.05, 4.69) is 9.62 Å². The van der Waals surface area contributed by atoms with Crippen LogP contribution in [0, 0.1) is 6.92 Å². The molecule has 2 aliphatic heterocycles. The minimum Gasteiger partial charge on any atom is -0.497 e. The maximum absolute atomic E-state index is 13.1. The molecule has 2 fully saturated rings. The number of likely N-dealkylation sites (tertiary alicyclic amines) is 1. The summed E-state index contributed by atoms with van der Waals surface area (Å²) >= 11 is 0. The lowest BCUT2D eigenvalue weighted by atomic mass is 10.1. The highest BCUT2D eigenvalue weighted by Crippen LogP contribution is 2.26. The van der Waals surface area contributed by atoms with Crippen molar-refractivity contribution in [1.29, 1.82) is 0 Å².